The number of sulfonamides is 1. The van der Waals surface area contributed by atoms with Crippen LogP contribution in [0.2, 0.25) is 0 Å². The molecule has 1 aromatic heterocycles. The Balaban J connectivity index is 1.41. The van der Waals surface area contributed by atoms with Gasteiger partial charge in [0.05, 0.1) is 0 Å². The lowest BCUT2D eigenvalue weighted by Gasteiger charge is -2.36. The molecule has 0 spiro atoms. The number of hydrogen-bond acceptors (Lipinski definition) is 7. The van der Waals surface area contributed by atoms with Crippen LogP contribution in [0.25, 0.3) is 6.08 Å². The van der Waals surface area contributed by atoms with Crippen LogP contribution in [0.3, 0.4) is 0 Å². The zero-order valence-electron chi connectivity index (χ0n) is 18.2. The molecule has 0 atom stereocenters. The van der Waals surface area contributed by atoms with Crippen LogP contribution < -0.4 is 9.80 Å². The van der Waals surface area contributed by atoms with Crippen molar-refractivity contribution in [2.45, 2.75) is 6.92 Å². The molecule has 0 saturated carbocycles. The average Bonchev–Trinajstić information content (AvgIpc) is 2.79. The number of hydrogen-bond donors (Lipinski definition) is 0. The van der Waals surface area contributed by atoms with Crippen molar-refractivity contribution in [3.05, 3.63) is 53.2 Å². The quantitative estimate of drug-likeness (QED) is 0.697. The Morgan fingerprint density at radius 3 is 1.97 bits per heavy atom. The van der Waals surface area contributed by atoms with Crippen LogP contribution in [0.5, 0.6) is 0 Å². The van der Waals surface area contributed by atoms with E-state index in [0.29, 0.717) is 26.2 Å². The summed E-state index contributed by atoms with van der Waals surface area (Å²) in [4.78, 5) is 16.0. The lowest BCUT2D eigenvalue weighted by molar-refractivity contribution is 0.312. The second-order valence-corrected chi connectivity index (χ2v) is 9.88. The van der Waals surface area contributed by atoms with E-state index >= 15 is 0 Å². The van der Waals surface area contributed by atoms with Crippen LogP contribution in [0, 0.1) is 6.92 Å². The molecule has 9 heteroatoms. The minimum absolute atomic E-state index is 0.439. The number of piperazine rings is 2. The normalized spacial score (nSPS) is 19.3. The number of anilines is 2. The van der Waals surface area contributed by atoms with Crippen molar-refractivity contribution in [1.29, 1.82) is 0 Å². The van der Waals surface area contributed by atoms with E-state index in [9.17, 15) is 8.42 Å². The summed E-state index contributed by atoms with van der Waals surface area (Å²) in [6.07, 6.45) is 1.65. The summed E-state index contributed by atoms with van der Waals surface area (Å²) in [5.74, 6) is 2.57. The minimum atomic E-state index is -3.45. The zero-order valence-corrected chi connectivity index (χ0v) is 19.0. The zero-order chi connectivity index (χ0) is 21.8. The maximum Gasteiger partial charge on any atom is 0.236 e. The molecule has 0 unspecified atom stereocenters. The van der Waals surface area contributed by atoms with Gasteiger partial charge in [0.1, 0.15) is 17.5 Å². The molecule has 166 valence electrons. The monoisotopic (exact) mass is 442 g/mol. The number of rotatable bonds is 5. The first-order valence-corrected chi connectivity index (χ1v) is 12.2. The molecule has 31 heavy (non-hydrogen) atoms. The third kappa shape index (κ3) is 5.41. The van der Waals surface area contributed by atoms with Crippen molar-refractivity contribution in [3.8, 4) is 0 Å². The van der Waals surface area contributed by atoms with E-state index in [1.807, 2.05) is 43.3 Å². The highest BCUT2D eigenvalue weighted by molar-refractivity contribution is 7.92. The fraction of sp³-hybridized carbons (Fsp3) is 0.455. The molecule has 2 aliphatic rings. The summed E-state index contributed by atoms with van der Waals surface area (Å²) < 4.78 is 27.0. The van der Waals surface area contributed by atoms with E-state index in [4.69, 9.17) is 0 Å². The Kier molecular flexibility index (Phi) is 6.54. The van der Waals surface area contributed by atoms with E-state index in [-0.39, 0.29) is 0 Å². The van der Waals surface area contributed by atoms with Gasteiger partial charge in [-0.1, -0.05) is 30.3 Å². The summed E-state index contributed by atoms with van der Waals surface area (Å²) >= 11 is 0. The number of nitrogens with zero attached hydrogens (tertiary/aromatic N) is 6. The smallest absolute Gasteiger partial charge is 0.236 e. The molecule has 0 radical (unpaired) electrons. The largest absolute Gasteiger partial charge is 0.354 e. The lowest BCUT2D eigenvalue weighted by Crippen LogP contribution is -2.48. The third-order valence-corrected chi connectivity index (χ3v) is 7.36. The number of likely N-dealkylation sites (N-methyl/N-ethyl adjacent to an activating group) is 1. The molecule has 0 amide bonds. The first-order valence-electron chi connectivity index (χ1n) is 10.7. The number of aromatic nitrogens is 2. The highest BCUT2D eigenvalue weighted by Crippen LogP contribution is 2.22. The molecular formula is C22H30N6O2S. The van der Waals surface area contributed by atoms with Gasteiger partial charge >= 0.3 is 0 Å². The molecule has 2 aliphatic heterocycles. The van der Waals surface area contributed by atoms with Crippen molar-refractivity contribution in [2.24, 2.45) is 0 Å². The summed E-state index contributed by atoms with van der Waals surface area (Å²) in [6.45, 7) is 7.95. The second-order valence-electron chi connectivity index (χ2n) is 8.07. The Labute approximate surface area is 184 Å². The van der Waals surface area contributed by atoms with Gasteiger partial charge in [0, 0.05) is 63.8 Å². The van der Waals surface area contributed by atoms with Crippen molar-refractivity contribution < 1.29 is 8.42 Å². The molecule has 2 aromatic rings. The predicted octanol–water partition coefficient (Wildman–Crippen LogP) is 1.66. The van der Waals surface area contributed by atoms with Gasteiger partial charge in [0.15, 0.2) is 0 Å². The molecule has 0 N–H and O–H groups in total. The van der Waals surface area contributed by atoms with Crippen LogP contribution in [0.4, 0.5) is 11.6 Å². The third-order valence-electron chi connectivity index (χ3n) is 5.79. The molecule has 1 aromatic carbocycles. The molecule has 2 fully saturated rings. The molecule has 8 nitrogen and oxygen atoms in total. The highest BCUT2D eigenvalue weighted by Gasteiger charge is 2.26. The average molecular weight is 443 g/mol. The van der Waals surface area contributed by atoms with Gasteiger partial charge in [-0.25, -0.2) is 18.4 Å². The SMILES string of the molecule is Cc1nc(N2CCN(C)CC2)cc(N2CCN(S(=O)(=O)/C=C/c3ccccc3)CC2)n1. The van der Waals surface area contributed by atoms with Gasteiger partial charge in [-0.15, -0.1) is 0 Å². The fourth-order valence-corrected chi connectivity index (χ4v) is 5.06. The van der Waals surface area contributed by atoms with Gasteiger partial charge in [0.25, 0.3) is 0 Å². The second kappa shape index (κ2) is 9.33. The maximum atomic E-state index is 12.7. The van der Waals surface area contributed by atoms with E-state index in [0.717, 1.165) is 49.2 Å². The maximum absolute atomic E-state index is 12.7. The molecule has 0 aliphatic carbocycles. The van der Waals surface area contributed by atoms with Gasteiger partial charge in [-0.05, 0) is 25.6 Å². The Morgan fingerprint density at radius 1 is 0.839 bits per heavy atom. The molecule has 0 bridgehead atoms. The van der Waals surface area contributed by atoms with Crippen molar-refractivity contribution in [3.63, 3.8) is 0 Å². The summed E-state index contributed by atoms with van der Waals surface area (Å²) in [6, 6.07) is 11.5. The topological polar surface area (TPSA) is 72.9 Å². The van der Waals surface area contributed by atoms with Crippen LogP contribution in [-0.2, 0) is 10.0 Å². The lowest BCUT2D eigenvalue weighted by atomic mass is 10.2. The van der Waals surface area contributed by atoms with Gasteiger partial charge < -0.3 is 14.7 Å². The summed E-state index contributed by atoms with van der Waals surface area (Å²) in [7, 11) is -1.31. The molecule has 2 saturated heterocycles. The minimum Gasteiger partial charge on any atom is -0.354 e. The van der Waals surface area contributed by atoms with Gasteiger partial charge in [0.2, 0.25) is 10.0 Å². The van der Waals surface area contributed by atoms with E-state index in [2.05, 4.69) is 31.7 Å². The van der Waals surface area contributed by atoms with E-state index < -0.39 is 10.0 Å². The predicted molar refractivity (Wildman–Crippen MR) is 125 cm³/mol. The van der Waals surface area contributed by atoms with Crippen LogP contribution in [-0.4, -0.2) is 87.0 Å². The van der Waals surface area contributed by atoms with Crippen LogP contribution in [0.15, 0.2) is 41.8 Å². The van der Waals surface area contributed by atoms with E-state index in [1.165, 1.54) is 5.41 Å². The standard InChI is InChI=1S/C22H30N6O2S/c1-19-23-21(26-11-9-25(2)10-12-26)18-22(24-19)27-13-15-28(16-14-27)31(29,30)17-8-20-6-4-3-5-7-20/h3-8,17-18H,9-16H2,1-2H3/b17-8+. The summed E-state index contributed by atoms with van der Waals surface area (Å²) in [5.41, 5.74) is 0.873. The Bertz CT molecular complexity index is 1010. The van der Waals surface area contributed by atoms with Gasteiger partial charge in [-0.3, -0.25) is 0 Å². The first kappa shape index (κ1) is 21.7. The van der Waals surface area contributed by atoms with Crippen LogP contribution >= 0.6 is 0 Å². The van der Waals surface area contributed by atoms with Gasteiger partial charge in [-0.2, -0.15) is 4.31 Å². The van der Waals surface area contributed by atoms with Crippen molar-refractivity contribution >= 4 is 27.7 Å². The molecule has 3 heterocycles. The number of aryl methyl sites for hydroxylation is 1. The highest BCUT2D eigenvalue weighted by atomic mass is 32.2. The van der Waals surface area contributed by atoms with Crippen LogP contribution in [0.1, 0.15) is 11.4 Å². The fourth-order valence-electron chi connectivity index (χ4n) is 3.88. The van der Waals surface area contributed by atoms with E-state index in [1.54, 1.807) is 10.4 Å². The Hall–Kier alpha value is -2.49. The number of benzene rings is 1. The molecule has 4 rings (SSSR count). The van der Waals surface area contributed by atoms with Crippen molar-refractivity contribution in [2.75, 3.05) is 69.2 Å². The molecular weight excluding hydrogens is 412 g/mol. The van der Waals surface area contributed by atoms with Crippen molar-refractivity contribution in [1.82, 2.24) is 19.2 Å². The summed E-state index contributed by atoms with van der Waals surface area (Å²) in [5, 5.41) is 1.30. The first-order chi connectivity index (χ1) is 14.9. The Morgan fingerprint density at radius 2 is 1.39 bits per heavy atom.